The van der Waals surface area contributed by atoms with Crippen LogP contribution < -0.4 is 14.8 Å². The standard InChI is InChI=1S/C27H27ClN4O4/c28-20-10-11-22-21(14-20)31-25(33)17-32(27(34)19-15-29-26(30-16-19)18-8-9-18)12-4-1-5-13-35-23-6-2-3-7-24(23)36-22/h2-3,6-7,10-11,14-16,18H,1,4-5,8-9,12-13,17H2,(H,31,33). The van der Waals surface area contributed by atoms with E-state index in [-0.39, 0.29) is 18.4 Å². The summed E-state index contributed by atoms with van der Waals surface area (Å²) in [6.07, 6.45) is 7.65. The monoisotopic (exact) mass is 506 g/mol. The van der Waals surface area contributed by atoms with Gasteiger partial charge in [0, 0.05) is 29.9 Å². The molecule has 1 fully saturated rings. The third-order valence-electron chi connectivity index (χ3n) is 6.10. The predicted octanol–water partition coefficient (Wildman–Crippen LogP) is 5.44. The smallest absolute Gasteiger partial charge is 0.257 e. The van der Waals surface area contributed by atoms with Crippen molar-refractivity contribution >= 4 is 29.1 Å². The van der Waals surface area contributed by atoms with Gasteiger partial charge in [-0.15, -0.1) is 0 Å². The van der Waals surface area contributed by atoms with Crippen molar-refractivity contribution < 1.29 is 19.1 Å². The maximum Gasteiger partial charge on any atom is 0.257 e. The van der Waals surface area contributed by atoms with Crippen molar-refractivity contribution in [2.45, 2.75) is 38.0 Å². The van der Waals surface area contributed by atoms with Crippen LogP contribution in [0.15, 0.2) is 54.9 Å². The van der Waals surface area contributed by atoms with Crippen LogP contribution in [0.25, 0.3) is 0 Å². The second kappa shape index (κ2) is 11.0. The van der Waals surface area contributed by atoms with Crippen molar-refractivity contribution in [1.82, 2.24) is 14.9 Å². The normalized spacial score (nSPS) is 16.8. The molecule has 2 amide bonds. The first-order valence-corrected chi connectivity index (χ1v) is 12.5. The average molecular weight is 507 g/mol. The molecule has 0 radical (unpaired) electrons. The van der Waals surface area contributed by atoms with E-state index in [1.807, 2.05) is 24.3 Å². The van der Waals surface area contributed by atoms with E-state index in [1.54, 1.807) is 30.6 Å². The number of halogens is 1. The highest BCUT2D eigenvalue weighted by Gasteiger charge is 2.27. The molecular weight excluding hydrogens is 480 g/mol. The highest BCUT2D eigenvalue weighted by molar-refractivity contribution is 6.31. The molecule has 36 heavy (non-hydrogen) atoms. The lowest BCUT2D eigenvalue weighted by Crippen LogP contribution is -2.39. The van der Waals surface area contributed by atoms with E-state index in [9.17, 15) is 9.59 Å². The summed E-state index contributed by atoms with van der Waals surface area (Å²) in [5, 5.41) is 3.30. The topological polar surface area (TPSA) is 93.7 Å². The van der Waals surface area contributed by atoms with E-state index < -0.39 is 0 Å². The lowest BCUT2D eigenvalue weighted by molar-refractivity contribution is -0.116. The van der Waals surface area contributed by atoms with Crippen molar-refractivity contribution in [2.75, 3.05) is 25.0 Å². The summed E-state index contributed by atoms with van der Waals surface area (Å²) in [6, 6.07) is 12.4. The number of nitrogens with one attached hydrogen (secondary N) is 1. The summed E-state index contributed by atoms with van der Waals surface area (Å²) in [4.78, 5) is 36.6. The van der Waals surface area contributed by atoms with E-state index in [0.717, 1.165) is 37.9 Å². The molecule has 2 heterocycles. The highest BCUT2D eigenvalue weighted by atomic mass is 35.5. The number of amides is 2. The van der Waals surface area contributed by atoms with Gasteiger partial charge in [-0.3, -0.25) is 9.59 Å². The summed E-state index contributed by atoms with van der Waals surface area (Å²) in [5.74, 6) is 2.12. The Bertz CT molecular complexity index is 1250. The van der Waals surface area contributed by atoms with Gasteiger partial charge in [0.05, 0.1) is 17.9 Å². The van der Waals surface area contributed by atoms with E-state index in [4.69, 9.17) is 21.1 Å². The van der Waals surface area contributed by atoms with Gasteiger partial charge in [0.2, 0.25) is 5.91 Å². The third-order valence-corrected chi connectivity index (χ3v) is 6.33. The van der Waals surface area contributed by atoms with Gasteiger partial charge in [-0.25, -0.2) is 9.97 Å². The molecule has 0 saturated heterocycles. The van der Waals surface area contributed by atoms with Gasteiger partial charge in [0.25, 0.3) is 5.91 Å². The number of carbonyl (C=O) groups is 2. The van der Waals surface area contributed by atoms with Crippen molar-refractivity contribution in [3.8, 4) is 17.2 Å². The second-order valence-corrected chi connectivity index (χ2v) is 9.41. The Labute approximate surface area is 214 Å². The Balaban J connectivity index is 1.38. The molecule has 3 aromatic rings. The van der Waals surface area contributed by atoms with Gasteiger partial charge in [-0.2, -0.15) is 0 Å². The summed E-state index contributed by atoms with van der Waals surface area (Å²) in [5.41, 5.74) is 0.775. The summed E-state index contributed by atoms with van der Waals surface area (Å²) >= 11 is 6.21. The van der Waals surface area contributed by atoms with Crippen molar-refractivity contribution in [3.05, 3.63) is 71.3 Å². The lowest BCUT2D eigenvalue weighted by Gasteiger charge is -2.22. The van der Waals surface area contributed by atoms with E-state index in [1.165, 1.54) is 4.90 Å². The number of anilines is 1. The number of fused-ring (bicyclic) bond motifs is 2. The van der Waals surface area contributed by atoms with E-state index in [2.05, 4.69) is 15.3 Å². The zero-order chi connectivity index (χ0) is 24.9. The van der Waals surface area contributed by atoms with Crippen LogP contribution >= 0.6 is 11.6 Å². The molecule has 5 rings (SSSR count). The molecule has 2 aliphatic rings. The molecule has 1 aliphatic heterocycles. The van der Waals surface area contributed by atoms with E-state index in [0.29, 0.717) is 52.6 Å². The summed E-state index contributed by atoms with van der Waals surface area (Å²) in [6.45, 7) is 0.809. The third kappa shape index (κ3) is 5.94. The number of nitrogens with zero attached hydrogens (tertiary/aromatic N) is 3. The van der Waals surface area contributed by atoms with Gasteiger partial charge in [-0.05, 0) is 62.4 Å². The van der Waals surface area contributed by atoms with Crippen molar-refractivity contribution in [3.63, 3.8) is 0 Å². The van der Waals surface area contributed by atoms with Crippen LogP contribution in [0, 0.1) is 0 Å². The fourth-order valence-corrected chi connectivity index (χ4v) is 4.20. The first-order chi connectivity index (χ1) is 17.6. The number of hydrogen-bond donors (Lipinski definition) is 1. The fraction of sp³-hybridized carbons (Fsp3) is 0.333. The molecule has 2 aromatic carbocycles. The molecule has 0 bridgehead atoms. The maximum atomic E-state index is 13.3. The first-order valence-electron chi connectivity index (χ1n) is 12.2. The van der Waals surface area contributed by atoms with Crippen molar-refractivity contribution in [2.24, 2.45) is 0 Å². The molecule has 1 aliphatic carbocycles. The summed E-state index contributed by atoms with van der Waals surface area (Å²) in [7, 11) is 0. The number of ether oxygens (including phenoxy) is 2. The zero-order valence-electron chi connectivity index (χ0n) is 19.8. The molecule has 0 atom stereocenters. The number of rotatable bonds is 2. The molecule has 8 nitrogen and oxygen atoms in total. The predicted molar refractivity (Wildman–Crippen MR) is 136 cm³/mol. The number of para-hydroxylation sites is 2. The Morgan fingerprint density at radius 1 is 1.00 bits per heavy atom. The molecule has 1 aromatic heterocycles. The molecule has 186 valence electrons. The minimum atomic E-state index is -0.356. The minimum Gasteiger partial charge on any atom is -0.490 e. The lowest BCUT2D eigenvalue weighted by atomic mass is 10.2. The van der Waals surface area contributed by atoms with Gasteiger partial charge >= 0.3 is 0 Å². The highest BCUT2D eigenvalue weighted by Crippen LogP contribution is 2.38. The minimum absolute atomic E-state index is 0.123. The van der Waals surface area contributed by atoms with Crippen LogP contribution in [0.4, 0.5) is 5.69 Å². The Kier molecular flexibility index (Phi) is 7.32. The fourth-order valence-electron chi connectivity index (χ4n) is 4.02. The Morgan fingerprint density at radius 2 is 1.78 bits per heavy atom. The van der Waals surface area contributed by atoms with Crippen LogP contribution in [0.1, 0.15) is 54.2 Å². The molecule has 9 heteroatoms. The SMILES string of the molecule is O=C1CN(C(=O)c2cnc(C3CC3)nc2)CCCCCOc2ccccc2Oc2ccc(Cl)cc2N1. The molecule has 1 N–H and O–H groups in total. The average Bonchev–Trinajstić information content (AvgIpc) is 3.73. The largest absolute Gasteiger partial charge is 0.490 e. The first kappa shape index (κ1) is 24.1. The van der Waals surface area contributed by atoms with Gasteiger partial charge in [-0.1, -0.05) is 23.7 Å². The Hall–Kier alpha value is -3.65. The van der Waals surface area contributed by atoms with Gasteiger partial charge < -0.3 is 19.7 Å². The number of aromatic nitrogens is 2. The quantitative estimate of drug-likeness (QED) is 0.497. The molecule has 0 unspecified atom stereocenters. The summed E-state index contributed by atoms with van der Waals surface area (Å²) < 4.78 is 12.1. The van der Waals surface area contributed by atoms with Crippen LogP contribution in [-0.4, -0.2) is 46.4 Å². The number of benzene rings is 2. The number of hydrogen-bond acceptors (Lipinski definition) is 6. The van der Waals surface area contributed by atoms with Crippen LogP contribution in [-0.2, 0) is 4.79 Å². The molecular formula is C27H27ClN4O4. The van der Waals surface area contributed by atoms with Gasteiger partial charge in [0.15, 0.2) is 17.2 Å². The van der Waals surface area contributed by atoms with E-state index >= 15 is 0 Å². The van der Waals surface area contributed by atoms with Crippen LogP contribution in [0.3, 0.4) is 0 Å². The van der Waals surface area contributed by atoms with Crippen molar-refractivity contribution in [1.29, 1.82) is 0 Å². The van der Waals surface area contributed by atoms with Gasteiger partial charge in [0.1, 0.15) is 12.4 Å². The van der Waals surface area contributed by atoms with Crippen LogP contribution in [0.5, 0.6) is 17.2 Å². The second-order valence-electron chi connectivity index (χ2n) is 8.98. The molecule has 1 saturated carbocycles. The zero-order valence-corrected chi connectivity index (χ0v) is 20.5. The Morgan fingerprint density at radius 3 is 2.56 bits per heavy atom. The number of carbonyl (C=O) groups excluding carboxylic acids is 2. The maximum absolute atomic E-state index is 13.3. The molecule has 0 spiro atoms. The van der Waals surface area contributed by atoms with Crippen LogP contribution in [0.2, 0.25) is 5.02 Å².